The van der Waals surface area contributed by atoms with Crippen molar-refractivity contribution < 1.29 is 13.2 Å². The first kappa shape index (κ1) is 27.3. The van der Waals surface area contributed by atoms with Crippen molar-refractivity contribution in [3.63, 3.8) is 0 Å². The molecule has 5 aromatic rings. The fraction of sp³-hybridized carbons (Fsp3) is 0.206. The summed E-state index contributed by atoms with van der Waals surface area (Å²) in [7, 11) is -3.81. The number of carbonyl (C=O) groups is 1. The highest BCUT2D eigenvalue weighted by atomic mass is 35.5. The summed E-state index contributed by atoms with van der Waals surface area (Å²) in [5.74, 6) is 0.0867. The van der Waals surface area contributed by atoms with Crippen molar-refractivity contribution in [2.24, 2.45) is 5.92 Å². The van der Waals surface area contributed by atoms with Crippen LogP contribution in [0.5, 0.6) is 0 Å². The van der Waals surface area contributed by atoms with Gasteiger partial charge in [-0.3, -0.25) is 9.52 Å². The molecule has 1 fully saturated rings. The van der Waals surface area contributed by atoms with E-state index in [9.17, 15) is 13.2 Å². The van der Waals surface area contributed by atoms with Gasteiger partial charge in [0.25, 0.3) is 10.0 Å². The van der Waals surface area contributed by atoms with Gasteiger partial charge in [0, 0.05) is 33.1 Å². The normalized spacial score (nSPS) is 17.0. The largest absolute Gasteiger partial charge is 0.352 e. The van der Waals surface area contributed by atoms with E-state index in [2.05, 4.69) is 30.5 Å². The number of anilines is 1. The second-order valence-electron chi connectivity index (χ2n) is 11.7. The van der Waals surface area contributed by atoms with E-state index in [1.165, 1.54) is 0 Å². The van der Waals surface area contributed by atoms with Crippen molar-refractivity contribution >= 4 is 44.0 Å². The molecular weight excluding hydrogens is 552 g/mol. The van der Waals surface area contributed by atoms with Crippen LogP contribution in [0.15, 0.2) is 102 Å². The van der Waals surface area contributed by atoms with Crippen LogP contribution < -0.4 is 4.72 Å². The molecule has 5 nitrogen and oxygen atoms in total. The van der Waals surface area contributed by atoms with Crippen LogP contribution in [0.1, 0.15) is 54.7 Å². The van der Waals surface area contributed by atoms with Gasteiger partial charge in [0.05, 0.1) is 10.6 Å². The lowest BCUT2D eigenvalue weighted by molar-refractivity contribution is 0.0962. The first-order chi connectivity index (χ1) is 19.5. The lowest BCUT2D eigenvalue weighted by atomic mass is 9.87. The molecule has 0 radical (unpaired) electrons. The Bertz CT molecular complexity index is 1850. The second-order valence-corrected chi connectivity index (χ2v) is 13.9. The van der Waals surface area contributed by atoms with Crippen LogP contribution in [0, 0.1) is 5.92 Å². The first-order valence-corrected chi connectivity index (χ1v) is 15.5. The van der Waals surface area contributed by atoms with E-state index in [0.717, 1.165) is 39.6 Å². The van der Waals surface area contributed by atoms with E-state index >= 15 is 0 Å². The third-order valence-corrected chi connectivity index (χ3v) is 9.46. The first-order valence-electron chi connectivity index (χ1n) is 13.7. The molecule has 1 aromatic heterocycles. The van der Waals surface area contributed by atoms with Crippen LogP contribution in [0.4, 0.5) is 5.69 Å². The fourth-order valence-corrected chi connectivity index (χ4v) is 6.62. The van der Waals surface area contributed by atoms with Crippen molar-refractivity contribution in [3.8, 4) is 11.1 Å². The number of rotatable bonds is 7. The Hall–Kier alpha value is -3.87. The SMILES string of the molecule is CC(C)(C)c1ccc(S(=O)(=O)Nc2ccc3[nH]c(C(=O)C4CC4c4ccc(Cl)cc4)c(-c4ccccc4)c3c2)cc1. The summed E-state index contributed by atoms with van der Waals surface area (Å²) in [5, 5.41) is 1.46. The molecule has 1 saturated carbocycles. The van der Waals surface area contributed by atoms with Crippen molar-refractivity contribution in [3.05, 3.63) is 119 Å². The third kappa shape index (κ3) is 5.42. The predicted molar refractivity (Wildman–Crippen MR) is 166 cm³/mol. The molecule has 0 saturated heterocycles. The number of fused-ring (bicyclic) bond motifs is 1. The minimum absolute atomic E-state index is 0.0565. The molecule has 2 N–H and O–H groups in total. The average Bonchev–Trinajstić information content (AvgIpc) is 3.66. The minimum Gasteiger partial charge on any atom is -0.352 e. The second kappa shape index (κ2) is 10.2. The summed E-state index contributed by atoms with van der Waals surface area (Å²) in [6.07, 6.45) is 0.781. The average molecular weight is 583 g/mol. The number of hydrogen-bond acceptors (Lipinski definition) is 3. The molecule has 6 rings (SSSR count). The summed E-state index contributed by atoms with van der Waals surface area (Å²) in [4.78, 5) is 17.4. The van der Waals surface area contributed by atoms with Gasteiger partial charge in [-0.05, 0) is 76.9 Å². The zero-order valence-corrected chi connectivity index (χ0v) is 24.7. The molecule has 4 aromatic carbocycles. The van der Waals surface area contributed by atoms with E-state index in [1.807, 2.05) is 72.8 Å². The molecule has 7 heteroatoms. The van der Waals surface area contributed by atoms with Crippen LogP contribution >= 0.6 is 11.6 Å². The van der Waals surface area contributed by atoms with Crippen LogP contribution in [0.2, 0.25) is 5.02 Å². The molecule has 0 aliphatic heterocycles. The van der Waals surface area contributed by atoms with Crippen molar-refractivity contribution in [2.45, 2.75) is 43.4 Å². The summed E-state index contributed by atoms with van der Waals surface area (Å²) < 4.78 is 29.3. The van der Waals surface area contributed by atoms with Crippen molar-refractivity contribution in [1.82, 2.24) is 4.98 Å². The van der Waals surface area contributed by atoms with Gasteiger partial charge in [0.15, 0.2) is 5.78 Å². The number of hydrogen-bond donors (Lipinski definition) is 2. The van der Waals surface area contributed by atoms with Crippen LogP contribution in [0.3, 0.4) is 0 Å². The zero-order chi connectivity index (χ0) is 28.9. The number of sulfonamides is 1. The van der Waals surface area contributed by atoms with Crippen molar-refractivity contribution in [2.75, 3.05) is 4.72 Å². The third-order valence-electron chi connectivity index (χ3n) is 7.82. The Morgan fingerprint density at radius 1 is 0.902 bits per heavy atom. The highest BCUT2D eigenvalue weighted by molar-refractivity contribution is 7.92. The number of aromatic amines is 1. The number of halogens is 1. The molecule has 0 spiro atoms. The maximum atomic E-state index is 13.8. The Balaban J connectivity index is 1.35. The number of nitrogens with one attached hydrogen (secondary N) is 2. The van der Waals surface area contributed by atoms with Gasteiger partial charge >= 0.3 is 0 Å². The van der Waals surface area contributed by atoms with Gasteiger partial charge in [-0.15, -0.1) is 0 Å². The monoisotopic (exact) mass is 582 g/mol. The Morgan fingerprint density at radius 2 is 1.59 bits per heavy atom. The summed E-state index contributed by atoms with van der Waals surface area (Å²) in [5.41, 5.74) is 5.51. The Labute approximate surface area is 245 Å². The van der Waals surface area contributed by atoms with Crippen LogP contribution in [0.25, 0.3) is 22.0 Å². The van der Waals surface area contributed by atoms with E-state index in [-0.39, 0.29) is 27.9 Å². The van der Waals surface area contributed by atoms with Gasteiger partial charge in [0.2, 0.25) is 0 Å². The van der Waals surface area contributed by atoms with Gasteiger partial charge in [-0.1, -0.05) is 87.0 Å². The highest BCUT2D eigenvalue weighted by Crippen LogP contribution is 2.50. The molecule has 1 aliphatic carbocycles. The lowest BCUT2D eigenvalue weighted by Gasteiger charge is -2.19. The van der Waals surface area contributed by atoms with E-state index in [4.69, 9.17) is 11.6 Å². The number of carbonyl (C=O) groups excluding carboxylic acids is 1. The molecule has 0 bridgehead atoms. The Kier molecular flexibility index (Phi) is 6.79. The summed E-state index contributed by atoms with van der Waals surface area (Å²) in [6.45, 7) is 6.27. The predicted octanol–water partition coefficient (Wildman–Crippen LogP) is 8.57. The molecule has 1 heterocycles. The number of aromatic nitrogens is 1. The van der Waals surface area contributed by atoms with E-state index < -0.39 is 10.0 Å². The van der Waals surface area contributed by atoms with E-state index in [1.54, 1.807) is 24.3 Å². The number of ketones is 1. The molecule has 1 aliphatic rings. The topological polar surface area (TPSA) is 79.0 Å². The summed E-state index contributed by atoms with van der Waals surface area (Å²) in [6, 6.07) is 29.7. The smallest absolute Gasteiger partial charge is 0.261 e. The van der Waals surface area contributed by atoms with Gasteiger partial charge < -0.3 is 4.98 Å². The van der Waals surface area contributed by atoms with Gasteiger partial charge in [-0.25, -0.2) is 8.42 Å². The zero-order valence-electron chi connectivity index (χ0n) is 23.1. The minimum atomic E-state index is -3.81. The molecule has 41 heavy (non-hydrogen) atoms. The Morgan fingerprint density at radius 3 is 2.24 bits per heavy atom. The van der Waals surface area contributed by atoms with Crippen LogP contribution in [-0.2, 0) is 15.4 Å². The van der Waals surface area contributed by atoms with Crippen molar-refractivity contribution in [1.29, 1.82) is 0 Å². The molecule has 0 amide bonds. The highest BCUT2D eigenvalue weighted by Gasteiger charge is 2.45. The quantitative estimate of drug-likeness (QED) is 0.189. The molecule has 2 atom stereocenters. The number of benzene rings is 4. The van der Waals surface area contributed by atoms with Gasteiger partial charge in [-0.2, -0.15) is 0 Å². The standard InChI is InChI=1S/C34H31ClN2O3S/c1-34(2,3)23-11-16-26(17-12-23)41(39,40)37-25-15-18-30-29(19-25)31(22-7-5-4-6-8-22)32(36-30)33(38)28-20-27(28)21-9-13-24(35)14-10-21/h4-19,27-28,36-37H,20H2,1-3H3. The molecule has 2 unspecified atom stereocenters. The fourth-order valence-electron chi connectivity index (χ4n) is 5.44. The molecular formula is C34H31ClN2O3S. The van der Waals surface area contributed by atoms with E-state index in [0.29, 0.717) is 16.4 Å². The maximum absolute atomic E-state index is 13.8. The number of Topliss-reactive ketones (excluding diaryl/α,β-unsaturated/α-hetero) is 1. The van der Waals surface area contributed by atoms with Crippen LogP contribution in [-0.4, -0.2) is 19.2 Å². The molecule has 208 valence electrons. The maximum Gasteiger partial charge on any atom is 0.261 e. The number of H-pyrrole nitrogens is 1. The lowest BCUT2D eigenvalue weighted by Crippen LogP contribution is -2.14. The summed E-state index contributed by atoms with van der Waals surface area (Å²) >= 11 is 6.06. The van der Waals surface area contributed by atoms with Gasteiger partial charge in [0.1, 0.15) is 0 Å².